The summed E-state index contributed by atoms with van der Waals surface area (Å²) < 4.78 is 33.6. The lowest BCUT2D eigenvalue weighted by atomic mass is 9.93. The average molecular weight is 431 g/mol. The van der Waals surface area contributed by atoms with Gasteiger partial charge in [-0.05, 0) is 43.9 Å². The van der Waals surface area contributed by atoms with Crippen LogP contribution < -0.4 is 0 Å². The van der Waals surface area contributed by atoms with Crippen LogP contribution in [-0.4, -0.2) is 28.8 Å². The van der Waals surface area contributed by atoms with E-state index in [4.69, 9.17) is 16.3 Å². The molecule has 1 aromatic heterocycles. The number of benzene rings is 2. The summed E-state index contributed by atoms with van der Waals surface area (Å²) in [5.74, 6) is -3.09. The number of esters is 1. The molecule has 2 aromatic carbocycles. The van der Waals surface area contributed by atoms with Crippen molar-refractivity contribution in [3.63, 3.8) is 0 Å². The molecule has 0 aliphatic heterocycles. The molecule has 1 aliphatic rings. The Morgan fingerprint density at radius 1 is 1.10 bits per heavy atom. The van der Waals surface area contributed by atoms with E-state index in [2.05, 4.69) is 5.10 Å². The van der Waals surface area contributed by atoms with E-state index in [1.807, 2.05) is 0 Å². The SMILES string of the molecule is COC(=O)c1ccc(-c2nn(C(=O)c3c(F)cc(F)cc3Cl)c3c2CCCC3)cc1. The predicted octanol–water partition coefficient (Wildman–Crippen LogP) is 4.84. The van der Waals surface area contributed by atoms with Crippen molar-refractivity contribution in [3.8, 4) is 11.3 Å². The van der Waals surface area contributed by atoms with E-state index in [-0.39, 0.29) is 5.02 Å². The van der Waals surface area contributed by atoms with Crippen molar-refractivity contribution >= 4 is 23.5 Å². The maximum absolute atomic E-state index is 14.3. The van der Waals surface area contributed by atoms with Crippen LogP contribution >= 0.6 is 11.6 Å². The van der Waals surface area contributed by atoms with Crippen molar-refractivity contribution in [2.45, 2.75) is 25.7 Å². The number of nitrogens with zero attached hydrogens (tertiary/aromatic N) is 2. The number of hydrogen-bond donors (Lipinski definition) is 0. The third-order valence-electron chi connectivity index (χ3n) is 5.17. The topological polar surface area (TPSA) is 61.2 Å². The Hall–Kier alpha value is -3.06. The summed E-state index contributed by atoms with van der Waals surface area (Å²) in [6.07, 6.45) is 3.13. The molecule has 0 unspecified atom stereocenters. The first-order valence-electron chi connectivity index (χ1n) is 9.39. The van der Waals surface area contributed by atoms with Crippen LogP contribution in [0.15, 0.2) is 36.4 Å². The van der Waals surface area contributed by atoms with Crippen molar-refractivity contribution in [3.05, 3.63) is 75.4 Å². The van der Waals surface area contributed by atoms with E-state index in [0.29, 0.717) is 29.4 Å². The number of ether oxygens (including phenoxy) is 1. The molecule has 0 radical (unpaired) electrons. The van der Waals surface area contributed by atoms with Gasteiger partial charge in [-0.2, -0.15) is 9.78 Å². The Morgan fingerprint density at radius 2 is 1.80 bits per heavy atom. The Morgan fingerprint density at radius 3 is 2.47 bits per heavy atom. The first-order valence-corrected chi connectivity index (χ1v) is 9.77. The largest absolute Gasteiger partial charge is 0.465 e. The molecule has 0 saturated heterocycles. The normalized spacial score (nSPS) is 13.1. The zero-order chi connectivity index (χ0) is 21.4. The summed E-state index contributed by atoms with van der Waals surface area (Å²) in [7, 11) is 1.31. The van der Waals surface area contributed by atoms with Crippen LogP contribution in [-0.2, 0) is 17.6 Å². The highest BCUT2D eigenvalue weighted by Crippen LogP contribution is 2.33. The van der Waals surface area contributed by atoms with Crippen LogP contribution in [0.2, 0.25) is 5.02 Å². The number of hydrogen-bond acceptors (Lipinski definition) is 4. The first kappa shape index (κ1) is 20.2. The molecular weight excluding hydrogens is 414 g/mol. The van der Waals surface area contributed by atoms with Gasteiger partial charge in [0, 0.05) is 17.2 Å². The molecule has 8 heteroatoms. The van der Waals surface area contributed by atoms with Crippen molar-refractivity contribution < 1.29 is 23.1 Å². The maximum Gasteiger partial charge on any atom is 0.337 e. The second-order valence-electron chi connectivity index (χ2n) is 7.01. The van der Waals surface area contributed by atoms with Gasteiger partial charge in [-0.25, -0.2) is 13.6 Å². The summed E-state index contributed by atoms with van der Waals surface area (Å²) in [6.45, 7) is 0. The van der Waals surface area contributed by atoms with Gasteiger partial charge in [0.2, 0.25) is 0 Å². The molecule has 0 bridgehead atoms. The number of fused-ring (bicyclic) bond motifs is 1. The molecule has 5 nitrogen and oxygen atoms in total. The molecule has 0 N–H and O–H groups in total. The van der Waals surface area contributed by atoms with E-state index >= 15 is 0 Å². The molecule has 4 rings (SSSR count). The number of carbonyl (C=O) groups excluding carboxylic acids is 2. The molecule has 1 aliphatic carbocycles. The van der Waals surface area contributed by atoms with Gasteiger partial charge in [0.25, 0.3) is 5.91 Å². The number of aromatic nitrogens is 2. The van der Waals surface area contributed by atoms with Gasteiger partial charge in [0.15, 0.2) is 0 Å². The molecule has 0 saturated carbocycles. The van der Waals surface area contributed by atoms with Crippen LogP contribution in [0.5, 0.6) is 0 Å². The van der Waals surface area contributed by atoms with Crippen LogP contribution in [0, 0.1) is 11.6 Å². The highest BCUT2D eigenvalue weighted by molar-refractivity contribution is 6.34. The molecule has 30 heavy (non-hydrogen) atoms. The minimum atomic E-state index is -1.03. The van der Waals surface area contributed by atoms with Crippen LogP contribution in [0.4, 0.5) is 8.78 Å². The van der Waals surface area contributed by atoms with Gasteiger partial charge in [-0.3, -0.25) is 4.79 Å². The second-order valence-corrected chi connectivity index (χ2v) is 7.42. The summed E-state index contributed by atoms with van der Waals surface area (Å²) in [4.78, 5) is 24.8. The maximum atomic E-state index is 14.3. The number of methoxy groups -OCH3 is 1. The van der Waals surface area contributed by atoms with Gasteiger partial charge in [-0.1, -0.05) is 23.7 Å². The molecular formula is C22H17ClF2N2O3. The lowest BCUT2D eigenvalue weighted by molar-refractivity contribution is 0.0600. The number of carbonyl (C=O) groups is 2. The monoisotopic (exact) mass is 430 g/mol. The summed E-state index contributed by atoms with van der Waals surface area (Å²) in [5.41, 5.74) is 2.88. The minimum absolute atomic E-state index is 0.304. The third kappa shape index (κ3) is 3.50. The van der Waals surface area contributed by atoms with E-state index in [1.54, 1.807) is 24.3 Å². The zero-order valence-corrected chi connectivity index (χ0v) is 16.8. The van der Waals surface area contributed by atoms with Gasteiger partial charge in [0.1, 0.15) is 11.6 Å². The van der Waals surface area contributed by atoms with Crippen LogP contribution in [0.25, 0.3) is 11.3 Å². The highest BCUT2D eigenvalue weighted by Gasteiger charge is 2.28. The molecule has 0 fully saturated rings. The Labute approximate surface area is 176 Å². The summed E-state index contributed by atoms with van der Waals surface area (Å²) in [5, 5.41) is 4.17. The van der Waals surface area contributed by atoms with Crippen molar-refractivity contribution in [1.82, 2.24) is 9.78 Å². The average Bonchev–Trinajstić information content (AvgIpc) is 3.12. The Kier molecular flexibility index (Phi) is 5.39. The Bertz CT molecular complexity index is 1130. The van der Waals surface area contributed by atoms with Gasteiger partial charge < -0.3 is 4.74 Å². The fourth-order valence-electron chi connectivity index (χ4n) is 3.73. The highest BCUT2D eigenvalue weighted by atomic mass is 35.5. The van der Waals surface area contributed by atoms with Crippen molar-refractivity contribution in [1.29, 1.82) is 0 Å². The van der Waals surface area contributed by atoms with Crippen LogP contribution in [0.1, 0.15) is 44.8 Å². The second kappa shape index (κ2) is 7.99. The molecule has 1 heterocycles. The van der Waals surface area contributed by atoms with Gasteiger partial charge >= 0.3 is 5.97 Å². The third-order valence-corrected chi connectivity index (χ3v) is 5.47. The standard InChI is InChI=1S/C22H17ClF2N2O3/c1-30-22(29)13-8-6-12(7-9-13)20-15-4-2-3-5-18(15)27(26-20)21(28)19-16(23)10-14(24)11-17(19)25/h6-11H,2-5H2,1H3. The molecule has 0 atom stereocenters. The number of halogens is 3. The lowest BCUT2D eigenvalue weighted by Gasteiger charge is -2.14. The molecule has 0 spiro atoms. The Balaban J connectivity index is 1.81. The number of rotatable bonds is 3. The van der Waals surface area contributed by atoms with E-state index in [9.17, 15) is 18.4 Å². The predicted molar refractivity (Wildman–Crippen MR) is 107 cm³/mol. The van der Waals surface area contributed by atoms with E-state index in [1.165, 1.54) is 11.8 Å². The smallest absolute Gasteiger partial charge is 0.337 e. The quantitative estimate of drug-likeness (QED) is 0.558. The summed E-state index contributed by atoms with van der Waals surface area (Å²) >= 11 is 5.96. The molecule has 3 aromatic rings. The van der Waals surface area contributed by atoms with Crippen molar-refractivity contribution in [2.24, 2.45) is 0 Å². The summed E-state index contributed by atoms with van der Waals surface area (Å²) in [6, 6.07) is 8.22. The van der Waals surface area contributed by atoms with Crippen LogP contribution in [0.3, 0.4) is 0 Å². The fraction of sp³-hybridized carbons (Fsp3) is 0.227. The van der Waals surface area contributed by atoms with Crippen molar-refractivity contribution in [2.75, 3.05) is 7.11 Å². The van der Waals surface area contributed by atoms with Gasteiger partial charge in [-0.15, -0.1) is 0 Å². The van der Waals surface area contributed by atoms with Gasteiger partial charge in [0.05, 0.1) is 34.6 Å². The molecule has 154 valence electrons. The molecule has 0 amide bonds. The first-order chi connectivity index (χ1) is 14.4. The fourth-order valence-corrected chi connectivity index (χ4v) is 4.01. The lowest BCUT2D eigenvalue weighted by Crippen LogP contribution is -2.20. The van der Waals surface area contributed by atoms with E-state index in [0.717, 1.165) is 36.5 Å². The van der Waals surface area contributed by atoms with E-state index < -0.39 is 29.1 Å². The minimum Gasteiger partial charge on any atom is -0.465 e. The zero-order valence-electron chi connectivity index (χ0n) is 16.0.